The monoisotopic (exact) mass is 190 g/mol. The number of nitrogen functional groups attached to an aromatic ring is 1. The normalized spacial score (nSPS) is 10.4. The zero-order chi connectivity index (χ0) is 10.4. The average molecular weight is 190 g/mol. The van der Waals surface area contributed by atoms with Gasteiger partial charge in [-0.2, -0.15) is 0 Å². The molecule has 0 amide bonds. The fraction of sp³-hybridized carbons (Fsp3) is 0.538. The second-order valence-electron chi connectivity index (χ2n) is 3.93. The molecule has 0 unspecified atom stereocenters. The highest BCUT2D eigenvalue weighted by Gasteiger charge is 1.99. The van der Waals surface area contributed by atoms with E-state index in [4.69, 9.17) is 5.73 Å². The van der Waals surface area contributed by atoms with Crippen LogP contribution in [-0.2, 0) is 6.42 Å². The van der Waals surface area contributed by atoms with Gasteiger partial charge in [0.05, 0.1) is 0 Å². The highest BCUT2D eigenvalue weighted by Crippen LogP contribution is 2.16. The minimum atomic E-state index is 0.826. The SMILES string of the molecule is CCCCCCc1cc(C)c[c]c1N. The quantitative estimate of drug-likeness (QED) is 0.558. The Bertz CT molecular complexity index is 279. The van der Waals surface area contributed by atoms with Crippen LogP contribution in [0.4, 0.5) is 5.69 Å². The van der Waals surface area contributed by atoms with E-state index in [1.165, 1.54) is 36.8 Å². The predicted octanol–water partition coefficient (Wildman–Crippen LogP) is 3.50. The first-order valence-corrected chi connectivity index (χ1v) is 5.50. The largest absolute Gasteiger partial charge is 0.398 e. The van der Waals surface area contributed by atoms with E-state index in [0.717, 1.165) is 12.1 Å². The van der Waals surface area contributed by atoms with Gasteiger partial charge in [0.25, 0.3) is 0 Å². The third-order valence-corrected chi connectivity index (χ3v) is 2.50. The number of aryl methyl sites for hydroxylation is 2. The van der Waals surface area contributed by atoms with Gasteiger partial charge in [0.1, 0.15) is 0 Å². The number of rotatable bonds is 5. The highest BCUT2D eigenvalue weighted by molar-refractivity contribution is 5.47. The van der Waals surface area contributed by atoms with Gasteiger partial charge < -0.3 is 5.73 Å². The summed E-state index contributed by atoms with van der Waals surface area (Å²) in [5.74, 6) is 0. The van der Waals surface area contributed by atoms with E-state index in [0.29, 0.717) is 0 Å². The summed E-state index contributed by atoms with van der Waals surface area (Å²) >= 11 is 0. The standard InChI is InChI=1S/C13H20N/c1-3-4-5-6-7-12-10-11(2)8-9-13(12)14/h8,10H,3-7,14H2,1-2H3. The Morgan fingerprint density at radius 2 is 2.07 bits per heavy atom. The Morgan fingerprint density at radius 3 is 2.79 bits per heavy atom. The van der Waals surface area contributed by atoms with Crippen molar-refractivity contribution in [1.82, 2.24) is 0 Å². The summed E-state index contributed by atoms with van der Waals surface area (Å²) in [7, 11) is 0. The summed E-state index contributed by atoms with van der Waals surface area (Å²) in [6, 6.07) is 7.21. The maximum atomic E-state index is 5.85. The van der Waals surface area contributed by atoms with E-state index in [1.54, 1.807) is 0 Å². The molecule has 14 heavy (non-hydrogen) atoms. The number of nitrogens with two attached hydrogens (primary N) is 1. The highest BCUT2D eigenvalue weighted by atomic mass is 14.6. The van der Waals surface area contributed by atoms with Crippen LogP contribution in [0.3, 0.4) is 0 Å². The smallest absolute Gasteiger partial charge is 0.0427 e. The van der Waals surface area contributed by atoms with Gasteiger partial charge in [-0.3, -0.25) is 0 Å². The summed E-state index contributed by atoms with van der Waals surface area (Å²) in [6.45, 7) is 4.32. The van der Waals surface area contributed by atoms with E-state index in [1.807, 2.05) is 6.07 Å². The van der Waals surface area contributed by atoms with E-state index in [2.05, 4.69) is 26.0 Å². The number of hydrogen-bond acceptors (Lipinski definition) is 1. The molecule has 0 aromatic heterocycles. The fourth-order valence-corrected chi connectivity index (χ4v) is 1.63. The maximum absolute atomic E-state index is 5.85. The van der Waals surface area contributed by atoms with Crippen molar-refractivity contribution in [1.29, 1.82) is 0 Å². The van der Waals surface area contributed by atoms with Crippen molar-refractivity contribution >= 4 is 5.69 Å². The molecule has 1 heteroatoms. The summed E-state index contributed by atoms with van der Waals surface area (Å²) in [6.07, 6.45) is 6.27. The van der Waals surface area contributed by atoms with Crippen LogP contribution in [0.2, 0.25) is 0 Å². The maximum Gasteiger partial charge on any atom is 0.0427 e. The van der Waals surface area contributed by atoms with Crippen molar-refractivity contribution in [3.05, 3.63) is 29.3 Å². The minimum absolute atomic E-state index is 0.826. The van der Waals surface area contributed by atoms with E-state index >= 15 is 0 Å². The number of hydrogen-bond donors (Lipinski definition) is 1. The molecule has 0 aliphatic carbocycles. The molecule has 1 radical (unpaired) electrons. The van der Waals surface area contributed by atoms with Crippen molar-refractivity contribution < 1.29 is 0 Å². The van der Waals surface area contributed by atoms with Gasteiger partial charge in [-0.25, -0.2) is 0 Å². The Hall–Kier alpha value is -0.980. The van der Waals surface area contributed by atoms with Crippen LogP contribution < -0.4 is 5.73 Å². The lowest BCUT2D eigenvalue weighted by molar-refractivity contribution is 0.667. The van der Waals surface area contributed by atoms with Crippen molar-refractivity contribution in [3.63, 3.8) is 0 Å². The molecule has 0 aliphatic rings. The molecule has 1 rings (SSSR count). The van der Waals surface area contributed by atoms with Gasteiger partial charge in [-0.1, -0.05) is 37.8 Å². The lowest BCUT2D eigenvalue weighted by atomic mass is 10.0. The summed E-state index contributed by atoms with van der Waals surface area (Å²) in [4.78, 5) is 0. The fourth-order valence-electron chi connectivity index (χ4n) is 1.63. The molecule has 0 spiro atoms. The molecule has 0 heterocycles. The van der Waals surface area contributed by atoms with Crippen molar-refractivity contribution in [2.24, 2.45) is 0 Å². The van der Waals surface area contributed by atoms with Gasteiger partial charge in [0.15, 0.2) is 0 Å². The second-order valence-corrected chi connectivity index (χ2v) is 3.93. The van der Waals surface area contributed by atoms with Crippen LogP contribution in [0.5, 0.6) is 0 Å². The van der Waals surface area contributed by atoms with E-state index in [9.17, 15) is 0 Å². The van der Waals surface area contributed by atoms with Crippen molar-refractivity contribution in [2.45, 2.75) is 46.0 Å². The molecule has 77 valence electrons. The average Bonchev–Trinajstić information content (AvgIpc) is 2.18. The zero-order valence-electron chi connectivity index (χ0n) is 9.27. The molecule has 1 aromatic carbocycles. The van der Waals surface area contributed by atoms with Crippen LogP contribution in [0.25, 0.3) is 0 Å². The predicted molar refractivity (Wildman–Crippen MR) is 62.3 cm³/mol. The van der Waals surface area contributed by atoms with Crippen LogP contribution in [0.1, 0.15) is 43.7 Å². The molecule has 0 aliphatic heterocycles. The van der Waals surface area contributed by atoms with Gasteiger partial charge in [-0.15, -0.1) is 0 Å². The number of benzene rings is 1. The molecular weight excluding hydrogens is 170 g/mol. The van der Waals surface area contributed by atoms with Gasteiger partial charge >= 0.3 is 0 Å². The van der Waals surface area contributed by atoms with Crippen LogP contribution in [-0.4, -0.2) is 0 Å². The minimum Gasteiger partial charge on any atom is -0.398 e. The topological polar surface area (TPSA) is 26.0 Å². The van der Waals surface area contributed by atoms with Gasteiger partial charge in [0, 0.05) is 11.8 Å². The summed E-state index contributed by atoms with van der Waals surface area (Å²) < 4.78 is 0. The number of unbranched alkanes of at least 4 members (excludes halogenated alkanes) is 3. The first-order valence-electron chi connectivity index (χ1n) is 5.50. The van der Waals surface area contributed by atoms with Crippen molar-refractivity contribution in [3.8, 4) is 0 Å². The van der Waals surface area contributed by atoms with Crippen molar-refractivity contribution in [2.75, 3.05) is 5.73 Å². The third kappa shape index (κ3) is 3.41. The van der Waals surface area contributed by atoms with Crippen LogP contribution >= 0.6 is 0 Å². The lowest BCUT2D eigenvalue weighted by Crippen LogP contribution is -1.95. The van der Waals surface area contributed by atoms with E-state index < -0.39 is 0 Å². The number of anilines is 1. The van der Waals surface area contributed by atoms with Crippen LogP contribution in [0, 0.1) is 13.0 Å². The first-order chi connectivity index (χ1) is 6.74. The Kier molecular flexibility index (Phi) is 4.51. The molecule has 0 atom stereocenters. The Labute approximate surface area is 87.3 Å². The Morgan fingerprint density at radius 1 is 1.29 bits per heavy atom. The van der Waals surface area contributed by atoms with Gasteiger partial charge in [0.2, 0.25) is 0 Å². The molecule has 0 fully saturated rings. The molecule has 0 saturated heterocycles. The van der Waals surface area contributed by atoms with Gasteiger partial charge in [-0.05, 0) is 31.4 Å². The Balaban J connectivity index is 2.45. The first kappa shape index (κ1) is 11.1. The molecule has 0 saturated carbocycles. The second kappa shape index (κ2) is 5.69. The zero-order valence-corrected chi connectivity index (χ0v) is 9.27. The summed E-state index contributed by atoms with van der Waals surface area (Å²) in [5, 5.41) is 0. The lowest BCUT2D eigenvalue weighted by Gasteiger charge is -2.05. The third-order valence-electron chi connectivity index (χ3n) is 2.50. The van der Waals surface area contributed by atoms with Crippen LogP contribution in [0.15, 0.2) is 12.1 Å². The molecule has 1 nitrogen and oxygen atoms in total. The summed E-state index contributed by atoms with van der Waals surface area (Å²) in [5.41, 5.74) is 9.19. The molecule has 2 N–H and O–H groups in total. The molecule has 0 bridgehead atoms. The molecule has 1 aromatic rings. The molecular formula is C13H20N. The van der Waals surface area contributed by atoms with E-state index in [-0.39, 0.29) is 0 Å².